The van der Waals surface area contributed by atoms with E-state index in [1.807, 2.05) is 13.8 Å². The number of benzene rings is 1. The maximum absolute atomic E-state index is 12.8. The van der Waals surface area contributed by atoms with Gasteiger partial charge < -0.3 is 19.9 Å². The van der Waals surface area contributed by atoms with Crippen LogP contribution in [0.4, 0.5) is 10.5 Å². The average Bonchev–Trinajstić information content (AvgIpc) is 2.83. The van der Waals surface area contributed by atoms with Crippen LogP contribution in [-0.2, 0) is 14.9 Å². The smallest absolute Gasteiger partial charge is 0.409 e. The molecule has 2 heterocycles. The molecule has 0 spiro atoms. The summed E-state index contributed by atoms with van der Waals surface area (Å²) in [7, 11) is 0. The summed E-state index contributed by atoms with van der Waals surface area (Å²) in [6.45, 7) is 7.66. The summed E-state index contributed by atoms with van der Waals surface area (Å²) < 4.78 is 4.99. The van der Waals surface area contributed by atoms with E-state index in [1.165, 1.54) is 0 Å². The molecule has 0 radical (unpaired) electrons. The van der Waals surface area contributed by atoms with E-state index in [1.54, 1.807) is 34.9 Å². The molecule has 7 nitrogen and oxygen atoms in total. The number of nitrogens with zero attached hydrogens (tertiary/aromatic N) is 2. The second-order valence-electron chi connectivity index (χ2n) is 6.82. The van der Waals surface area contributed by atoms with Crippen LogP contribution in [-0.4, -0.2) is 60.5 Å². The van der Waals surface area contributed by atoms with Gasteiger partial charge in [0.15, 0.2) is 0 Å². The molecule has 0 saturated carbocycles. The van der Waals surface area contributed by atoms with Crippen molar-refractivity contribution in [1.29, 1.82) is 0 Å². The lowest BCUT2D eigenvalue weighted by Crippen LogP contribution is -2.50. The molecule has 1 aromatic rings. The third-order valence-corrected chi connectivity index (χ3v) is 4.85. The Hall–Kier alpha value is -2.57. The Kier molecular flexibility index (Phi) is 4.41. The number of anilines is 1. The molecule has 3 rings (SSSR count). The Morgan fingerprint density at radius 3 is 2.44 bits per heavy atom. The van der Waals surface area contributed by atoms with Crippen LogP contribution >= 0.6 is 0 Å². The fourth-order valence-corrected chi connectivity index (χ4v) is 3.19. The summed E-state index contributed by atoms with van der Waals surface area (Å²) in [5.41, 5.74) is 1.52. The van der Waals surface area contributed by atoms with Crippen molar-refractivity contribution in [3.8, 4) is 0 Å². The van der Waals surface area contributed by atoms with Gasteiger partial charge in [0, 0.05) is 37.4 Å². The molecule has 2 aliphatic rings. The molecule has 1 saturated heterocycles. The van der Waals surface area contributed by atoms with Crippen molar-refractivity contribution in [2.75, 3.05) is 38.1 Å². The Morgan fingerprint density at radius 2 is 1.80 bits per heavy atom. The Labute approximate surface area is 146 Å². The van der Waals surface area contributed by atoms with Gasteiger partial charge in [0.2, 0.25) is 5.91 Å². The van der Waals surface area contributed by atoms with E-state index in [9.17, 15) is 14.4 Å². The summed E-state index contributed by atoms with van der Waals surface area (Å²) in [5, 5.41) is 2.84. The van der Waals surface area contributed by atoms with Gasteiger partial charge in [-0.3, -0.25) is 9.59 Å². The molecule has 0 aliphatic carbocycles. The summed E-state index contributed by atoms with van der Waals surface area (Å²) in [6, 6.07) is 5.32. The predicted octanol–water partition coefficient (Wildman–Crippen LogP) is 1.83. The van der Waals surface area contributed by atoms with Crippen LogP contribution in [0, 0.1) is 0 Å². The average molecular weight is 345 g/mol. The summed E-state index contributed by atoms with van der Waals surface area (Å²) in [6.07, 6.45) is -0.335. The number of fused-ring (bicyclic) bond motifs is 1. The number of carbonyl (C=O) groups excluding carboxylic acids is 3. The standard InChI is InChI=1S/C18H23N3O4/c1-4-25-17(24)21-9-7-20(8-10-21)15(22)12-5-6-14-13(11-12)18(2,3)16(23)19-14/h5-6,11H,4,7-10H2,1-3H3,(H,19,23). The molecule has 3 amide bonds. The molecular weight excluding hydrogens is 322 g/mol. The molecule has 0 aromatic heterocycles. The minimum Gasteiger partial charge on any atom is -0.450 e. The minimum absolute atomic E-state index is 0.0600. The quantitative estimate of drug-likeness (QED) is 0.887. The van der Waals surface area contributed by atoms with E-state index in [4.69, 9.17) is 4.74 Å². The molecule has 0 bridgehead atoms. The lowest BCUT2D eigenvalue weighted by Gasteiger charge is -2.34. The largest absolute Gasteiger partial charge is 0.450 e. The number of piperazine rings is 1. The molecule has 25 heavy (non-hydrogen) atoms. The number of rotatable bonds is 2. The zero-order chi connectivity index (χ0) is 18.2. The highest BCUT2D eigenvalue weighted by Crippen LogP contribution is 2.37. The summed E-state index contributed by atoms with van der Waals surface area (Å²) in [4.78, 5) is 39.9. The number of hydrogen-bond donors (Lipinski definition) is 1. The Balaban J connectivity index is 1.70. The van der Waals surface area contributed by atoms with Gasteiger partial charge in [-0.25, -0.2) is 4.79 Å². The Bertz CT molecular complexity index is 721. The molecular formula is C18H23N3O4. The predicted molar refractivity (Wildman–Crippen MR) is 92.6 cm³/mol. The first-order valence-corrected chi connectivity index (χ1v) is 8.51. The van der Waals surface area contributed by atoms with Gasteiger partial charge in [-0.1, -0.05) is 0 Å². The van der Waals surface area contributed by atoms with Crippen LogP contribution in [0.25, 0.3) is 0 Å². The van der Waals surface area contributed by atoms with Crippen LogP contribution in [0.15, 0.2) is 18.2 Å². The third-order valence-electron chi connectivity index (χ3n) is 4.85. The number of carbonyl (C=O) groups is 3. The van der Waals surface area contributed by atoms with Crippen LogP contribution in [0.1, 0.15) is 36.7 Å². The fraction of sp³-hybridized carbons (Fsp3) is 0.500. The van der Waals surface area contributed by atoms with E-state index in [0.717, 1.165) is 11.3 Å². The van der Waals surface area contributed by atoms with Gasteiger partial charge in [0.05, 0.1) is 12.0 Å². The van der Waals surface area contributed by atoms with E-state index in [2.05, 4.69) is 5.32 Å². The number of nitrogens with one attached hydrogen (secondary N) is 1. The van der Waals surface area contributed by atoms with Crippen molar-refractivity contribution < 1.29 is 19.1 Å². The maximum Gasteiger partial charge on any atom is 0.409 e. The summed E-state index contributed by atoms with van der Waals surface area (Å²) >= 11 is 0. The highest BCUT2D eigenvalue weighted by atomic mass is 16.6. The monoisotopic (exact) mass is 345 g/mol. The SMILES string of the molecule is CCOC(=O)N1CCN(C(=O)c2ccc3c(c2)C(C)(C)C(=O)N3)CC1. The Morgan fingerprint density at radius 1 is 1.16 bits per heavy atom. The lowest BCUT2D eigenvalue weighted by atomic mass is 9.85. The first kappa shape index (κ1) is 17.3. The van der Waals surface area contributed by atoms with Crippen LogP contribution in [0.5, 0.6) is 0 Å². The van der Waals surface area contributed by atoms with Crippen molar-refractivity contribution >= 4 is 23.6 Å². The highest BCUT2D eigenvalue weighted by molar-refractivity contribution is 6.07. The van der Waals surface area contributed by atoms with Crippen molar-refractivity contribution in [3.05, 3.63) is 29.3 Å². The lowest BCUT2D eigenvalue weighted by molar-refractivity contribution is -0.119. The van der Waals surface area contributed by atoms with E-state index in [-0.39, 0.29) is 17.9 Å². The van der Waals surface area contributed by atoms with E-state index >= 15 is 0 Å². The van der Waals surface area contributed by atoms with Gasteiger partial charge in [-0.2, -0.15) is 0 Å². The first-order valence-electron chi connectivity index (χ1n) is 8.51. The van der Waals surface area contributed by atoms with E-state index < -0.39 is 5.41 Å². The van der Waals surface area contributed by atoms with Crippen LogP contribution in [0.2, 0.25) is 0 Å². The van der Waals surface area contributed by atoms with Gasteiger partial charge >= 0.3 is 6.09 Å². The van der Waals surface area contributed by atoms with Gasteiger partial charge in [0.1, 0.15) is 0 Å². The van der Waals surface area contributed by atoms with Crippen LogP contribution in [0.3, 0.4) is 0 Å². The van der Waals surface area contributed by atoms with Crippen molar-refractivity contribution in [2.24, 2.45) is 0 Å². The number of ether oxygens (including phenoxy) is 1. The van der Waals surface area contributed by atoms with E-state index in [0.29, 0.717) is 38.3 Å². The molecule has 134 valence electrons. The minimum atomic E-state index is -0.645. The molecule has 7 heteroatoms. The van der Waals surface area contributed by atoms with Gasteiger partial charge in [-0.15, -0.1) is 0 Å². The molecule has 1 aromatic carbocycles. The second kappa shape index (κ2) is 6.38. The zero-order valence-electron chi connectivity index (χ0n) is 14.8. The van der Waals surface area contributed by atoms with Gasteiger partial charge in [-0.05, 0) is 44.5 Å². The van der Waals surface area contributed by atoms with Crippen molar-refractivity contribution in [3.63, 3.8) is 0 Å². The fourth-order valence-electron chi connectivity index (χ4n) is 3.19. The number of amides is 3. The van der Waals surface area contributed by atoms with Crippen LogP contribution < -0.4 is 5.32 Å². The zero-order valence-corrected chi connectivity index (χ0v) is 14.8. The molecule has 1 fully saturated rings. The molecule has 0 atom stereocenters. The molecule has 1 N–H and O–H groups in total. The maximum atomic E-state index is 12.8. The van der Waals surface area contributed by atoms with Gasteiger partial charge in [0.25, 0.3) is 5.91 Å². The first-order chi connectivity index (χ1) is 11.8. The third kappa shape index (κ3) is 3.06. The number of hydrogen-bond acceptors (Lipinski definition) is 4. The summed E-state index contributed by atoms with van der Waals surface area (Å²) in [5.74, 6) is -0.142. The van der Waals surface area contributed by atoms with Crippen molar-refractivity contribution in [1.82, 2.24) is 9.80 Å². The molecule has 0 unspecified atom stereocenters. The second-order valence-corrected chi connectivity index (χ2v) is 6.82. The normalized spacial score (nSPS) is 18.6. The van der Waals surface area contributed by atoms with Crippen molar-refractivity contribution in [2.45, 2.75) is 26.2 Å². The molecule has 2 aliphatic heterocycles. The topological polar surface area (TPSA) is 79.0 Å². The highest BCUT2D eigenvalue weighted by Gasteiger charge is 2.39.